The second-order valence-corrected chi connectivity index (χ2v) is 2.04. The first-order valence-corrected chi connectivity index (χ1v) is 2.84. The monoisotopic (exact) mass is 129 g/mol. The predicted octanol–water partition coefficient (Wildman–Crippen LogP) is 1.98. The first kappa shape index (κ1) is 8.21. The maximum atomic E-state index is 12.4. The largest absolute Gasteiger partial charge is 0.392 e. The Morgan fingerprint density at radius 1 is 1.44 bits per heavy atom. The summed E-state index contributed by atoms with van der Waals surface area (Å²) in [4.78, 5) is 0. The van der Waals surface area contributed by atoms with E-state index in [4.69, 9.17) is 0 Å². The molecule has 0 fully saturated rings. The molecule has 2 heteroatoms. The summed E-state index contributed by atoms with van der Waals surface area (Å²) in [6.45, 7) is 3.70. The van der Waals surface area contributed by atoms with Crippen LogP contribution in [0.5, 0.6) is 0 Å². The van der Waals surface area contributed by atoms with Gasteiger partial charge in [-0.25, -0.2) is 4.39 Å². The Bertz CT molecular complexity index is 132. The Labute approximate surface area is 55.3 Å². The van der Waals surface area contributed by atoms with Crippen LogP contribution in [0.2, 0.25) is 0 Å². The normalized spacial score (nSPS) is 10.9. The minimum absolute atomic E-state index is 0.238. The standard InChI is InChI=1S/C7H12FN/c1-6(2)4-7(8)5-9-3/h4-5,9H,1-3H3/b7-5+. The summed E-state index contributed by atoms with van der Waals surface area (Å²) in [5.41, 5.74) is 0.957. The van der Waals surface area contributed by atoms with Crippen molar-refractivity contribution in [2.75, 3.05) is 7.05 Å². The van der Waals surface area contributed by atoms with Gasteiger partial charge in [-0.3, -0.25) is 0 Å². The molecule has 9 heavy (non-hydrogen) atoms. The summed E-state index contributed by atoms with van der Waals surface area (Å²) >= 11 is 0. The number of rotatable bonds is 2. The molecule has 0 aromatic rings. The number of halogens is 1. The fraction of sp³-hybridized carbons (Fsp3) is 0.429. The Morgan fingerprint density at radius 2 is 2.00 bits per heavy atom. The van der Waals surface area contributed by atoms with E-state index in [1.165, 1.54) is 12.3 Å². The lowest BCUT2D eigenvalue weighted by molar-refractivity contribution is 0.655. The molecular formula is C7H12FN. The van der Waals surface area contributed by atoms with Crippen LogP contribution in [0, 0.1) is 0 Å². The molecule has 0 heterocycles. The van der Waals surface area contributed by atoms with E-state index in [1.807, 2.05) is 13.8 Å². The van der Waals surface area contributed by atoms with Gasteiger partial charge in [0.25, 0.3) is 0 Å². The molecule has 1 N–H and O–H groups in total. The molecule has 52 valence electrons. The van der Waals surface area contributed by atoms with Crippen LogP contribution in [0.25, 0.3) is 0 Å². The third-order valence-corrected chi connectivity index (χ3v) is 0.709. The summed E-state index contributed by atoms with van der Waals surface area (Å²) in [6, 6.07) is 0. The smallest absolute Gasteiger partial charge is 0.138 e. The molecule has 0 aliphatic rings. The van der Waals surface area contributed by atoms with E-state index in [2.05, 4.69) is 5.32 Å². The van der Waals surface area contributed by atoms with Gasteiger partial charge in [0.05, 0.1) is 0 Å². The van der Waals surface area contributed by atoms with Crippen molar-refractivity contribution in [3.63, 3.8) is 0 Å². The molecule has 0 aliphatic heterocycles. The minimum atomic E-state index is -0.238. The van der Waals surface area contributed by atoms with Crippen molar-refractivity contribution in [2.24, 2.45) is 0 Å². The average Bonchev–Trinajstić information content (AvgIpc) is 1.63. The average molecular weight is 129 g/mol. The molecule has 0 aliphatic carbocycles. The van der Waals surface area contributed by atoms with Gasteiger partial charge in [-0.2, -0.15) is 0 Å². The van der Waals surface area contributed by atoms with Gasteiger partial charge in [0.1, 0.15) is 5.83 Å². The summed E-state index contributed by atoms with van der Waals surface area (Å²) < 4.78 is 12.4. The van der Waals surface area contributed by atoms with Crippen molar-refractivity contribution >= 4 is 0 Å². The maximum absolute atomic E-state index is 12.4. The summed E-state index contributed by atoms with van der Waals surface area (Å²) in [6.07, 6.45) is 2.78. The Morgan fingerprint density at radius 3 is 2.33 bits per heavy atom. The van der Waals surface area contributed by atoms with Crippen molar-refractivity contribution < 1.29 is 4.39 Å². The molecule has 0 spiro atoms. The number of allylic oxidation sites excluding steroid dienone is 3. The first-order valence-electron chi connectivity index (χ1n) is 2.84. The molecular weight excluding hydrogens is 117 g/mol. The zero-order valence-electron chi connectivity index (χ0n) is 6.03. The van der Waals surface area contributed by atoms with Gasteiger partial charge in [-0.15, -0.1) is 0 Å². The molecule has 1 nitrogen and oxygen atoms in total. The number of nitrogens with one attached hydrogen (secondary N) is 1. The maximum Gasteiger partial charge on any atom is 0.138 e. The number of hydrogen-bond acceptors (Lipinski definition) is 1. The van der Waals surface area contributed by atoms with E-state index in [1.54, 1.807) is 7.05 Å². The van der Waals surface area contributed by atoms with Crippen molar-refractivity contribution in [1.29, 1.82) is 0 Å². The lowest BCUT2D eigenvalue weighted by Crippen LogP contribution is -1.92. The van der Waals surface area contributed by atoms with E-state index in [-0.39, 0.29) is 5.83 Å². The molecule has 0 radical (unpaired) electrons. The van der Waals surface area contributed by atoms with Gasteiger partial charge in [0.15, 0.2) is 0 Å². The second-order valence-electron chi connectivity index (χ2n) is 2.04. The van der Waals surface area contributed by atoms with Gasteiger partial charge >= 0.3 is 0 Å². The quantitative estimate of drug-likeness (QED) is 0.562. The van der Waals surface area contributed by atoms with Crippen LogP contribution in [0.15, 0.2) is 23.7 Å². The van der Waals surface area contributed by atoms with Crippen LogP contribution in [0.3, 0.4) is 0 Å². The lowest BCUT2D eigenvalue weighted by atomic mass is 10.3. The van der Waals surface area contributed by atoms with Crippen LogP contribution in [-0.2, 0) is 0 Å². The molecule has 0 saturated heterocycles. The van der Waals surface area contributed by atoms with E-state index in [0.29, 0.717) is 0 Å². The molecule has 0 saturated carbocycles. The third kappa shape index (κ3) is 5.07. The SMILES string of the molecule is CN/C=C(/F)C=C(C)C. The Balaban J connectivity index is 3.90. The van der Waals surface area contributed by atoms with Gasteiger partial charge in [0, 0.05) is 13.2 Å². The molecule has 0 atom stereocenters. The van der Waals surface area contributed by atoms with Crippen molar-refractivity contribution in [1.82, 2.24) is 5.32 Å². The van der Waals surface area contributed by atoms with Gasteiger partial charge in [0.2, 0.25) is 0 Å². The van der Waals surface area contributed by atoms with E-state index in [0.717, 1.165) is 5.57 Å². The molecule has 0 aromatic carbocycles. The highest BCUT2D eigenvalue weighted by molar-refractivity contribution is 5.14. The third-order valence-electron chi connectivity index (χ3n) is 0.709. The highest BCUT2D eigenvalue weighted by Crippen LogP contribution is 2.00. The van der Waals surface area contributed by atoms with Gasteiger partial charge < -0.3 is 5.32 Å². The van der Waals surface area contributed by atoms with E-state index < -0.39 is 0 Å². The van der Waals surface area contributed by atoms with Crippen LogP contribution in [-0.4, -0.2) is 7.05 Å². The zero-order chi connectivity index (χ0) is 7.28. The van der Waals surface area contributed by atoms with Crippen LogP contribution >= 0.6 is 0 Å². The highest BCUT2D eigenvalue weighted by Gasteiger charge is 1.84. The highest BCUT2D eigenvalue weighted by atomic mass is 19.1. The fourth-order valence-corrected chi connectivity index (χ4v) is 0.455. The minimum Gasteiger partial charge on any atom is -0.392 e. The predicted molar refractivity (Wildman–Crippen MR) is 37.7 cm³/mol. The molecule has 0 amide bonds. The summed E-state index contributed by atoms with van der Waals surface area (Å²) in [5.74, 6) is -0.238. The second kappa shape index (κ2) is 4.13. The summed E-state index contributed by atoms with van der Waals surface area (Å²) in [7, 11) is 1.67. The van der Waals surface area contributed by atoms with Gasteiger partial charge in [-0.05, 0) is 19.9 Å². The van der Waals surface area contributed by atoms with Gasteiger partial charge in [-0.1, -0.05) is 5.57 Å². The van der Waals surface area contributed by atoms with Crippen LogP contribution < -0.4 is 5.32 Å². The zero-order valence-corrected chi connectivity index (χ0v) is 6.03. The Kier molecular flexibility index (Phi) is 3.76. The van der Waals surface area contributed by atoms with Crippen LogP contribution in [0.4, 0.5) is 4.39 Å². The topological polar surface area (TPSA) is 12.0 Å². The molecule has 0 aromatic heterocycles. The van der Waals surface area contributed by atoms with Crippen molar-refractivity contribution in [2.45, 2.75) is 13.8 Å². The van der Waals surface area contributed by atoms with Crippen molar-refractivity contribution in [3.8, 4) is 0 Å². The lowest BCUT2D eigenvalue weighted by Gasteiger charge is -1.88. The first-order chi connectivity index (χ1) is 4.16. The van der Waals surface area contributed by atoms with Crippen molar-refractivity contribution in [3.05, 3.63) is 23.7 Å². The van der Waals surface area contributed by atoms with E-state index in [9.17, 15) is 4.39 Å². The number of hydrogen-bond donors (Lipinski definition) is 1. The molecule has 0 rings (SSSR count). The molecule has 0 bridgehead atoms. The Hall–Kier alpha value is -0.790. The van der Waals surface area contributed by atoms with E-state index >= 15 is 0 Å². The van der Waals surface area contributed by atoms with Crippen LogP contribution in [0.1, 0.15) is 13.8 Å². The summed E-state index contributed by atoms with van der Waals surface area (Å²) in [5, 5.41) is 2.59. The molecule has 0 unspecified atom stereocenters. The fourth-order valence-electron chi connectivity index (χ4n) is 0.455.